The monoisotopic (exact) mass is 534 g/mol. The largest absolute Gasteiger partial charge is 0.466 e. The number of aryl methyl sites for hydroxylation is 2. The molecular formula is C29H38N6O4. The Morgan fingerprint density at radius 2 is 1.92 bits per heavy atom. The molecule has 2 aromatic rings. The van der Waals surface area contributed by atoms with Crippen LogP contribution in [0.4, 0.5) is 5.82 Å². The van der Waals surface area contributed by atoms with Crippen molar-refractivity contribution in [3.63, 3.8) is 0 Å². The number of anilines is 1. The molecule has 5 N–H and O–H groups in total. The van der Waals surface area contributed by atoms with E-state index in [0.29, 0.717) is 17.7 Å². The standard InChI is InChI=1S/C29H38N6O4/c1-16-9-18(3)33-26(37)22(16)15-32-25(36)20-10-23(19-11-28(4,5)35-29(6,7)12-19)34-24(21(20)13-30)31-14-17(2)27(38)39-8/h9-11,13,30,35H,2,12,14-15H2,1,3-8H3,(H,31,34)(H,32,36)(H,33,37). The Kier molecular flexibility index (Phi) is 8.60. The Morgan fingerprint density at radius 1 is 1.23 bits per heavy atom. The number of H-pyrrole nitrogens is 1. The maximum absolute atomic E-state index is 13.5. The molecule has 0 aromatic carbocycles. The number of hydrogen-bond acceptors (Lipinski definition) is 8. The first-order chi connectivity index (χ1) is 18.2. The van der Waals surface area contributed by atoms with Crippen molar-refractivity contribution in [3.05, 3.63) is 74.4 Å². The average Bonchev–Trinajstić information content (AvgIpc) is 2.83. The van der Waals surface area contributed by atoms with Gasteiger partial charge in [0.15, 0.2) is 0 Å². The minimum Gasteiger partial charge on any atom is -0.466 e. The van der Waals surface area contributed by atoms with Crippen LogP contribution in [-0.4, -0.2) is 52.8 Å². The smallest absolute Gasteiger partial charge is 0.334 e. The summed E-state index contributed by atoms with van der Waals surface area (Å²) in [6, 6.07) is 3.52. The minimum absolute atomic E-state index is 0.0144. The molecule has 39 heavy (non-hydrogen) atoms. The van der Waals surface area contributed by atoms with Crippen molar-refractivity contribution < 1.29 is 14.3 Å². The lowest BCUT2D eigenvalue weighted by molar-refractivity contribution is -0.136. The Hall–Kier alpha value is -4.05. The van der Waals surface area contributed by atoms with E-state index in [4.69, 9.17) is 15.1 Å². The third kappa shape index (κ3) is 7.08. The van der Waals surface area contributed by atoms with E-state index < -0.39 is 11.9 Å². The molecule has 1 aliphatic heterocycles. The molecule has 208 valence electrons. The number of esters is 1. The number of ether oxygens (including phenoxy) is 1. The number of methoxy groups -OCH3 is 1. The molecule has 10 nitrogen and oxygen atoms in total. The molecule has 0 saturated heterocycles. The van der Waals surface area contributed by atoms with Crippen LogP contribution >= 0.6 is 0 Å². The highest BCUT2D eigenvalue weighted by Gasteiger charge is 2.33. The van der Waals surface area contributed by atoms with Gasteiger partial charge in [-0.1, -0.05) is 12.7 Å². The van der Waals surface area contributed by atoms with Crippen LogP contribution in [0.15, 0.2) is 35.2 Å². The maximum atomic E-state index is 13.5. The molecule has 0 aliphatic carbocycles. The first kappa shape index (κ1) is 29.5. The predicted molar refractivity (Wildman–Crippen MR) is 153 cm³/mol. The summed E-state index contributed by atoms with van der Waals surface area (Å²) in [5.74, 6) is -0.771. The zero-order chi connectivity index (χ0) is 29.1. The SMILES string of the molecule is C=C(CNc1nc(C2=CC(C)(C)NC(C)(C)C2)cc(C(=O)NCc2c(C)cc(C)[nH]c2=O)c1C=N)C(=O)OC. The fraction of sp³-hybridized carbons (Fsp3) is 0.414. The van der Waals surface area contributed by atoms with Crippen LogP contribution in [0, 0.1) is 19.3 Å². The molecule has 0 atom stereocenters. The van der Waals surface area contributed by atoms with E-state index in [1.54, 1.807) is 13.0 Å². The average molecular weight is 535 g/mol. The number of nitrogens with zero attached hydrogens (tertiary/aromatic N) is 1. The highest BCUT2D eigenvalue weighted by molar-refractivity contribution is 6.05. The van der Waals surface area contributed by atoms with Gasteiger partial charge < -0.3 is 31.1 Å². The van der Waals surface area contributed by atoms with E-state index >= 15 is 0 Å². The van der Waals surface area contributed by atoms with E-state index in [0.717, 1.165) is 23.0 Å². The molecule has 1 aliphatic rings. The van der Waals surface area contributed by atoms with Gasteiger partial charge in [0.25, 0.3) is 11.5 Å². The van der Waals surface area contributed by atoms with Gasteiger partial charge in [-0.05, 0) is 71.2 Å². The number of pyridine rings is 2. The van der Waals surface area contributed by atoms with Crippen molar-refractivity contribution in [2.45, 2.75) is 65.6 Å². The summed E-state index contributed by atoms with van der Waals surface area (Å²) in [6.07, 6.45) is 3.78. The number of carbonyl (C=O) groups excluding carboxylic acids is 2. The van der Waals surface area contributed by atoms with Crippen LogP contribution in [0.3, 0.4) is 0 Å². The highest BCUT2D eigenvalue weighted by atomic mass is 16.5. The van der Waals surface area contributed by atoms with Crippen LogP contribution < -0.4 is 21.5 Å². The van der Waals surface area contributed by atoms with Gasteiger partial charge in [-0.2, -0.15) is 0 Å². The highest BCUT2D eigenvalue weighted by Crippen LogP contribution is 2.34. The molecule has 3 heterocycles. The summed E-state index contributed by atoms with van der Waals surface area (Å²) in [5.41, 5.74) is 3.31. The molecule has 0 fully saturated rings. The Morgan fingerprint density at radius 3 is 2.51 bits per heavy atom. The van der Waals surface area contributed by atoms with E-state index in [9.17, 15) is 14.4 Å². The van der Waals surface area contributed by atoms with Crippen LogP contribution in [0.1, 0.15) is 72.6 Å². The van der Waals surface area contributed by atoms with E-state index in [-0.39, 0.29) is 52.2 Å². The lowest BCUT2D eigenvalue weighted by Crippen LogP contribution is -2.53. The van der Waals surface area contributed by atoms with Gasteiger partial charge in [0.05, 0.1) is 18.4 Å². The van der Waals surface area contributed by atoms with E-state index in [2.05, 4.69) is 61.3 Å². The second-order valence-corrected chi connectivity index (χ2v) is 11.1. The number of aromatic nitrogens is 2. The van der Waals surface area contributed by atoms with Gasteiger partial charge >= 0.3 is 5.97 Å². The number of aromatic amines is 1. The summed E-state index contributed by atoms with van der Waals surface area (Å²) >= 11 is 0. The third-order valence-electron chi connectivity index (χ3n) is 6.47. The summed E-state index contributed by atoms with van der Waals surface area (Å²) in [5, 5.41) is 17.5. The van der Waals surface area contributed by atoms with Crippen molar-refractivity contribution in [1.82, 2.24) is 20.6 Å². The second kappa shape index (κ2) is 11.4. The second-order valence-electron chi connectivity index (χ2n) is 11.1. The summed E-state index contributed by atoms with van der Waals surface area (Å²) in [4.78, 5) is 45.4. The number of rotatable bonds is 9. The minimum atomic E-state index is -0.573. The van der Waals surface area contributed by atoms with Gasteiger partial charge in [0, 0.05) is 52.8 Å². The van der Waals surface area contributed by atoms with Crippen LogP contribution in [0.25, 0.3) is 5.57 Å². The quantitative estimate of drug-likeness (QED) is 0.188. The van der Waals surface area contributed by atoms with E-state index in [1.807, 2.05) is 13.0 Å². The Labute approximate surface area is 228 Å². The van der Waals surface area contributed by atoms with E-state index in [1.165, 1.54) is 7.11 Å². The van der Waals surface area contributed by atoms with Crippen LogP contribution in [0.5, 0.6) is 0 Å². The van der Waals surface area contributed by atoms with Crippen LogP contribution in [-0.2, 0) is 16.1 Å². The maximum Gasteiger partial charge on any atom is 0.334 e. The summed E-state index contributed by atoms with van der Waals surface area (Å²) < 4.78 is 4.73. The number of nitrogens with one attached hydrogen (secondary N) is 5. The molecule has 0 bridgehead atoms. The van der Waals surface area contributed by atoms with Crippen molar-refractivity contribution >= 4 is 29.5 Å². The predicted octanol–water partition coefficient (Wildman–Crippen LogP) is 3.39. The van der Waals surface area contributed by atoms with Gasteiger partial charge in [-0.3, -0.25) is 9.59 Å². The number of amides is 1. The first-order valence-electron chi connectivity index (χ1n) is 12.7. The zero-order valence-electron chi connectivity index (χ0n) is 23.7. The Balaban J connectivity index is 2.06. The summed E-state index contributed by atoms with van der Waals surface area (Å²) in [7, 11) is 1.27. The Bertz CT molecular complexity index is 1420. The number of hydrogen-bond donors (Lipinski definition) is 5. The molecule has 1 amide bonds. The molecule has 10 heteroatoms. The molecular weight excluding hydrogens is 496 g/mol. The molecule has 0 radical (unpaired) electrons. The van der Waals surface area contributed by atoms with Crippen molar-refractivity contribution in [1.29, 1.82) is 5.41 Å². The van der Waals surface area contributed by atoms with Crippen LogP contribution in [0.2, 0.25) is 0 Å². The van der Waals surface area contributed by atoms with Gasteiger partial charge in [0.1, 0.15) is 5.82 Å². The molecule has 3 rings (SSSR count). The van der Waals surface area contributed by atoms with Crippen molar-refractivity contribution in [3.8, 4) is 0 Å². The lowest BCUT2D eigenvalue weighted by atomic mass is 9.82. The molecule has 0 spiro atoms. The van der Waals surface area contributed by atoms with Crippen molar-refractivity contribution in [2.75, 3.05) is 19.0 Å². The summed E-state index contributed by atoms with van der Waals surface area (Å²) in [6.45, 7) is 15.7. The fourth-order valence-corrected chi connectivity index (χ4v) is 5.04. The van der Waals surface area contributed by atoms with Gasteiger partial charge in [-0.15, -0.1) is 0 Å². The lowest BCUT2D eigenvalue weighted by Gasteiger charge is -2.41. The number of carbonyl (C=O) groups is 2. The zero-order valence-corrected chi connectivity index (χ0v) is 23.7. The fourth-order valence-electron chi connectivity index (χ4n) is 5.04. The topological polar surface area (TPSA) is 149 Å². The first-order valence-corrected chi connectivity index (χ1v) is 12.7. The van der Waals surface area contributed by atoms with Gasteiger partial charge in [0.2, 0.25) is 0 Å². The molecule has 0 unspecified atom stereocenters. The van der Waals surface area contributed by atoms with Gasteiger partial charge in [-0.25, -0.2) is 9.78 Å². The molecule has 0 saturated carbocycles. The molecule has 2 aromatic heterocycles. The van der Waals surface area contributed by atoms with Crippen molar-refractivity contribution in [2.24, 2.45) is 0 Å². The third-order valence-corrected chi connectivity index (χ3v) is 6.47. The normalized spacial score (nSPS) is 15.6.